The van der Waals surface area contributed by atoms with E-state index >= 15 is 0 Å². The molecule has 3 nitrogen and oxygen atoms in total. The molecular weight excluding hydrogens is 316 g/mol. The van der Waals surface area contributed by atoms with Crippen LogP contribution >= 0.6 is 11.8 Å². The Kier molecular flexibility index (Phi) is 5.02. The van der Waals surface area contributed by atoms with Crippen LogP contribution in [0.1, 0.15) is 29.0 Å². The number of nitriles is 1. The summed E-state index contributed by atoms with van der Waals surface area (Å²) in [4.78, 5) is 12.2. The van der Waals surface area contributed by atoms with E-state index in [4.69, 9.17) is 0 Å². The summed E-state index contributed by atoms with van der Waals surface area (Å²) >= 11 is 1.52. The molecule has 1 aliphatic rings. The number of hydrogen-bond acceptors (Lipinski definition) is 3. The minimum atomic E-state index is -0.164. The van der Waals surface area contributed by atoms with Gasteiger partial charge in [0, 0.05) is 18.1 Å². The van der Waals surface area contributed by atoms with Gasteiger partial charge in [-0.15, -0.1) is 11.8 Å². The lowest BCUT2D eigenvalue weighted by atomic mass is 9.85. The molecule has 1 unspecified atom stereocenters. The summed E-state index contributed by atoms with van der Waals surface area (Å²) in [5.41, 5.74) is 3.99. The number of allylic oxidation sites excluding steroid dienone is 1. The number of thioether (sulfide) groups is 1. The number of aryl methyl sites for hydroxylation is 1. The zero-order valence-corrected chi connectivity index (χ0v) is 14.3. The molecule has 0 spiro atoms. The van der Waals surface area contributed by atoms with E-state index in [-0.39, 0.29) is 11.8 Å². The highest BCUT2D eigenvalue weighted by Crippen LogP contribution is 2.37. The summed E-state index contributed by atoms with van der Waals surface area (Å²) in [6, 6.07) is 20.3. The third-order valence-corrected chi connectivity index (χ3v) is 5.23. The Bertz CT molecular complexity index is 821. The SMILES string of the molecule is Cc1ccccc1C1CC(=O)NC(SCc2ccccc2)=C1C#N. The zero-order chi connectivity index (χ0) is 16.9. The maximum Gasteiger partial charge on any atom is 0.225 e. The molecule has 1 aliphatic heterocycles. The quantitative estimate of drug-likeness (QED) is 0.908. The number of nitrogens with zero attached hydrogens (tertiary/aromatic N) is 1. The number of rotatable bonds is 4. The average Bonchev–Trinajstić information content (AvgIpc) is 2.61. The Morgan fingerprint density at radius 3 is 2.58 bits per heavy atom. The van der Waals surface area contributed by atoms with E-state index in [1.807, 2.05) is 61.5 Å². The molecule has 2 aromatic carbocycles. The minimum absolute atomic E-state index is 0.0298. The first-order chi connectivity index (χ1) is 11.7. The van der Waals surface area contributed by atoms with Crippen LogP contribution in [0, 0.1) is 18.3 Å². The summed E-state index contributed by atoms with van der Waals surface area (Å²) in [7, 11) is 0. The van der Waals surface area contributed by atoms with Crippen molar-refractivity contribution in [3.8, 4) is 6.07 Å². The summed E-state index contributed by atoms with van der Waals surface area (Å²) in [5.74, 6) is 0.531. The van der Waals surface area contributed by atoms with Crippen LogP contribution in [0.5, 0.6) is 0 Å². The lowest BCUT2D eigenvalue weighted by molar-refractivity contribution is -0.120. The van der Waals surface area contributed by atoms with Gasteiger partial charge in [-0.05, 0) is 23.6 Å². The molecule has 0 bridgehead atoms. The Balaban J connectivity index is 1.91. The molecule has 120 valence electrons. The first kappa shape index (κ1) is 16.4. The van der Waals surface area contributed by atoms with E-state index in [0.717, 1.165) is 16.9 Å². The standard InChI is InChI=1S/C20H18N2OS/c1-14-7-5-6-10-16(14)17-11-19(23)22-20(18(17)12-21)24-13-15-8-3-2-4-9-15/h2-10,17H,11,13H2,1H3,(H,22,23). The van der Waals surface area contributed by atoms with Gasteiger partial charge in [0.05, 0.1) is 16.7 Å². The second-order valence-electron chi connectivity index (χ2n) is 5.79. The molecule has 0 saturated heterocycles. The predicted octanol–water partition coefficient (Wildman–Crippen LogP) is 4.27. The molecule has 1 heterocycles. The van der Waals surface area contributed by atoms with Gasteiger partial charge < -0.3 is 5.32 Å². The Morgan fingerprint density at radius 1 is 1.17 bits per heavy atom. The number of carbonyl (C=O) groups excluding carboxylic acids is 1. The molecule has 0 fully saturated rings. The topological polar surface area (TPSA) is 52.9 Å². The molecule has 0 aromatic heterocycles. The third-order valence-electron chi connectivity index (χ3n) is 4.15. The van der Waals surface area contributed by atoms with Crippen molar-refractivity contribution in [2.45, 2.75) is 25.0 Å². The second-order valence-corrected chi connectivity index (χ2v) is 6.78. The normalized spacial score (nSPS) is 17.3. The van der Waals surface area contributed by atoms with Gasteiger partial charge >= 0.3 is 0 Å². The van der Waals surface area contributed by atoms with Gasteiger partial charge in [-0.25, -0.2) is 0 Å². The Hall–Kier alpha value is -2.51. The summed E-state index contributed by atoms with van der Waals surface area (Å²) in [6.45, 7) is 2.02. The zero-order valence-electron chi connectivity index (χ0n) is 13.5. The lowest BCUT2D eigenvalue weighted by Crippen LogP contribution is -2.31. The number of amides is 1. The van der Waals surface area contributed by atoms with Gasteiger partial charge in [-0.1, -0.05) is 54.6 Å². The number of hydrogen-bond donors (Lipinski definition) is 1. The molecule has 0 radical (unpaired) electrons. The minimum Gasteiger partial charge on any atom is -0.320 e. The summed E-state index contributed by atoms with van der Waals surface area (Å²) in [5, 5.41) is 13.3. The van der Waals surface area contributed by atoms with Gasteiger partial charge in [0.1, 0.15) is 0 Å². The number of benzene rings is 2. The molecule has 0 aliphatic carbocycles. The molecule has 1 amide bonds. The Morgan fingerprint density at radius 2 is 1.88 bits per heavy atom. The molecule has 4 heteroatoms. The van der Waals surface area contributed by atoms with E-state index in [9.17, 15) is 10.1 Å². The van der Waals surface area contributed by atoms with Crippen LogP contribution in [-0.2, 0) is 10.5 Å². The summed E-state index contributed by atoms with van der Waals surface area (Å²) < 4.78 is 0. The van der Waals surface area contributed by atoms with Crippen molar-refractivity contribution in [1.29, 1.82) is 5.26 Å². The van der Waals surface area contributed by atoms with E-state index in [1.54, 1.807) is 0 Å². The first-order valence-electron chi connectivity index (χ1n) is 7.85. The predicted molar refractivity (Wildman–Crippen MR) is 97.1 cm³/mol. The second kappa shape index (κ2) is 7.37. The number of nitrogens with one attached hydrogen (secondary N) is 1. The fraction of sp³-hybridized carbons (Fsp3) is 0.200. The van der Waals surface area contributed by atoms with Gasteiger partial charge in [-0.2, -0.15) is 5.26 Å². The largest absolute Gasteiger partial charge is 0.320 e. The highest BCUT2D eigenvalue weighted by Gasteiger charge is 2.30. The lowest BCUT2D eigenvalue weighted by Gasteiger charge is -2.26. The smallest absolute Gasteiger partial charge is 0.225 e. The van der Waals surface area contributed by atoms with Crippen LogP contribution in [0.3, 0.4) is 0 Å². The van der Waals surface area contributed by atoms with Crippen LogP contribution in [0.15, 0.2) is 65.2 Å². The molecule has 2 aromatic rings. The van der Waals surface area contributed by atoms with E-state index in [2.05, 4.69) is 11.4 Å². The molecular formula is C20H18N2OS. The molecule has 1 atom stereocenters. The van der Waals surface area contributed by atoms with Crippen molar-refractivity contribution in [1.82, 2.24) is 5.32 Å². The Labute approximate surface area is 146 Å². The van der Waals surface area contributed by atoms with Crippen LogP contribution in [0.4, 0.5) is 0 Å². The van der Waals surface area contributed by atoms with Gasteiger partial charge in [0.25, 0.3) is 0 Å². The van der Waals surface area contributed by atoms with Crippen molar-refractivity contribution in [2.24, 2.45) is 0 Å². The van der Waals surface area contributed by atoms with E-state index in [0.29, 0.717) is 17.0 Å². The van der Waals surface area contributed by atoms with Crippen LogP contribution < -0.4 is 5.32 Å². The highest BCUT2D eigenvalue weighted by atomic mass is 32.2. The monoisotopic (exact) mass is 334 g/mol. The van der Waals surface area contributed by atoms with Crippen molar-refractivity contribution >= 4 is 17.7 Å². The van der Waals surface area contributed by atoms with Crippen molar-refractivity contribution in [3.05, 3.63) is 81.9 Å². The average molecular weight is 334 g/mol. The molecule has 1 N–H and O–H groups in total. The van der Waals surface area contributed by atoms with Gasteiger partial charge in [0.2, 0.25) is 5.91 Å². The third kappa shape index (κ3) is 3.52. The van der Waals surface area contributed by atoms with E-state index in [1.165, 1.54) is 17.3 Å². The molecule has 0 saturated carbocycles. The van der Waals surface area contributed by atoms with Crippen molar-refractivity contribution in [2.75, 3.05) is 0 Å². The number of carbonyl (C=O) groups is 1. The van der Waals surface area contributed by atoms with E-state index < -0.39 is 0 Å². The van der Waals surface area contributed by atoms with Crippen LogP contribution in [0.25, 0.3) is 0 Å². The highest BCUT2D eigenvalue weighted by molar-refractivity contribution is 8.02. The molecule has 3 rings (SSSR count). The van der Waals surface area contributed by atoms with Crippen LogP contribution in [-0.4, -0.2) is 5.91 Å². The fourth-order valence-electron chi connectivity index (χ4n) is 2.91. The van der Waals surface area contributed by atoms with Crippen molar-refractivity contribution in [3.63, 3.8) is 0 Å². The maximum atomic E-state index is 12.2. The fourth-order valence-corrected chi connectivity index (χ4v) is 3.94. The molecule has 24 heavy (non-hydrogen) atoms. The first-order valence-corrected chi connectivity index (χ1v) is 8.84. The summed E-state index contributed by atoms with van der Waals surface area (Å²) in [6.07, 6.45) is 0.323. The maximum absolute atomic E-state index is 12.2. The van der Waals surface area contributed by atoms with Gasteiger partial charge in [-0.3, -0.25) is 4.79 Å². The van der Waals surface area contributed by atoms with Crippen molar-refractivity contribution < 1.29 is 4.79 Å². The van der Waals surface area contributed by atoms with Gasteiger partial charge in [0.15, 0.2) is 0 Å². The van der Waals surface area contributed by atoms with Crippen LogP contribution in [0.2, 0.25) is 0 Å².